The molecule has 2 aliphatic heterocycles. The van der Waals surface area contributed by atoms with Gasteiger partial charge in [-0.05, 0) is 18.6 Å². The van der Waals surface area contributed by atoms with Gasteiger partial charge in [-0.25, -0.2) is 4.79 Å². The summed E-state index contributed by atoms with van der Waals surface area (Å²) in [7, 11) is 1.61. The number of hydrogen-bond acceptors (Lipinski definition) is 5. The lowest BCUT2D eigenvalue weighted by atomic mass is 10.1. The second-order valence-electron chi connectivity index (χ2n) is 5.59. The van der Waals surface area contributed by atoms with Gasteiger partial charge in [0, 0.05) is 20.1 Å². The standard InChI is InChI=1S/C16H21N3O4/c1-17-15(20)14-11-19(12-5-2-3-6-13(12)23-14)8-4-7-18-9-10-22-16(18)21/h2-3,5-6,14H,4,7-11H2,1H3,(H,17,20). The van der Waals surface area contributed by atoms with Crippen molar-refractivity contribution in [2.75, 3.05) is 44.7 Å². The fourth-order valence-electron chi connectivity index (χ4n) is 2.90. The number of anilines is 1. The molecule has 1 atom stereocenters. The summed E-state index contributed by atoms with van der Waals surface area (Å²) >= 11 is 0. The summed E-state index contributed by atoms with van der Waals surface area (Å²) in [5.74, 6) is 0.584. The maximum atomic E-state index is 11.9. The van der Waals surface area contributed by atoms with E-state index in [4.69, 9.17) is 9.47 Å². The van der Waals surface area contributed by atoms with Crippen molar-refractivity contribution in [2.45, 2.75) is 12.5 Å². The minimum atomic E-state index is -0.522. The lowest BCUT2D eigenvalue weighted by Gasteiger charge is -2.35. The Bertz CT molecular complexity index is 592. The van der Waals surface area contributed by atoms with Crippen LogP contribution in [0.3, 0.4) is 0 Å². The predicted octanol–water partition coefficient (Wildman–Crippen LogP) is 0.842. The fraction of sp³-hybridized carbons (Fsp3) is 0.500. The number of ether oxygens (including phenoxy) is 2. The number of benzene rings is 1. The van der Waals surface area contributed by atoms with Crippen LogP contribution in [0.1, 0.15) is 6.42 Å². The Kier molecular flexibility index (Phi) is 4.55. The molecule has 0 aromatic heterocycles. The highest BCUT2D eigenvalue weighted by molar-refractivity contribution is 5.83. The van der Waals surface area contributed by atoms with E-state index < -0.39 is 6.10 Å². The maximum Gasteiger partial charge on any atom is 0.409 e. The lowest BCUT2D eigenvalue weighted by Crippen LogP contribution is -2.48. The third-order valence-corrected chi connectivity index (χ3v) is 4.10. The average molecular weight is 319 g/mol. The summed E-state index contributed by atoms with van der Waals surface area (Å²) in [4.78, 5) is 27.2. The number of hydrogen-bond donors (Lipinski definition) is 1. The number of carbonyl (C=O) groups is 2. The molecule has 0 bridgehead atoms. The van der Waals surface area contributed by atoms with E-state index in [1.54, 1.807) is 11.9 Å². The van der Waals surface area contributed by atoms with Crippen molar-refractivity contribution in [3.8, 4) is 5.75 Å². The maximum absolute atomic E-state index is 11.9. The molecule has 2 amide bonds. The van der Waals surface area contributed by atoms with Crippen LogP contribution in [-0.2, 0) is 9.53 Å². The van der Waals surface area contributed by atoms with Crippen molar-refractivity contribution < 1.29 is 19.1 Å². The highest BCUT2D eigenvalue weighted by atomic mass is 16.6. The van der Waals surface area contributed by atoms with Crippen LogP contribution in [0, 0.1) is 0 Å². The second-order valence-corrected chi connectivity index (χ2v) is 5.59. The Morgan fingerprint density at radius 2 is 2.09 bits per heavy atom. The first kappa shape index (κ1) is 15.5. The van der Waals surface area contributed by atoms with Gasteiger partial charge in [-0.3, -0.25) is 4.79 Å². The zero-order chi connectivity index (χ0) is 16.2. The van der Waals surface area contributed by atoms with Crippen LogP contribution in [0.4, 0.5) is 10.5 Å². The Morgan fingerprint density at radius 1 is 1.30 bits per heavy atom. The van der Waals surface area contributed by atoms with E-state index in [1.165, 1.54) is 0 Å². The molecule has 7 heteroatoms. The van der Waals surface area contributed by atoms with E-state index in [9.17, 15) is 9.59 Å². The van der Waals surface area contributed by atoms with Crippen molar-refractivity contribution in [1.29, 1.82) is 0 Å². The van der Waals surface area contributed by atoms with E-state index in [1.807, 2.05) is 24.3 Å². The molecule has 2 aliphatic rings. The predicted molar refractivity (Wildman–Crippen MR) is 84.7 cm³/mol. The van der Waals surface area contributed by atoms with Gasteiger partial charge in [0.05, 0.1) is 18.8 Å². The van der Waals surface area contributed by atoms with Crippen molar-refractivity contribution in [2.24, 2.45) is 0 Å². The summed E-state index contributed by atoms with van der Waals surface area (Å²) in [6, 6.07) is 7.70. The van der Waals surface area contributed by atoms with Gasteiger partial charge in [0.15, 0.2) is 6.10 Å². The fourth-order valence-corrected chi connectivity index (χ4v) is 2.90. The first-order valence-electron chi connectivity index (χ1n) is 7.83. The SMILES string of the molecule is CNC(=O)C1CN(CCCN2CCOC2=O)c2ccccc2O1. The summed E-state index contributed by atoms with van der Waals surface area (Å²) in [5, 5.41) is 2.63. The molecule has 0 aliphatic carbocycles. The Hall–Kier alpha value is -2.44. The van der Waals surface area contributed by atoms with Gasteiger partial charge in [-0.2, -0.15) is 0 Å². The summed E-state index contributed by atoms with van der Waals surface area (Å²) in [5.41, 5.74) is 0.983. The highest BCUT2D eigenvalue weighted by Gasteiger charge is 2.30. The zero-order valence-corrected chi connectivity index (χ0v) is 13.2. The lowest BCUT2D eigenvalue weighted by molar-refractivity contribution is -0.127. The molecule has 1 fully saturated rings. The van der Waals surface area contributed by atoms with Crippen LogP contribution in [0.2, 0.25) is 0 Å². The monoisotopic (exact) mass is 319 g/mol. The molecule has 3 rings (SSSR count). The largest absolute Gasteiger partial charge is 0.477 e. The molecule has 1 N–H and O–H groups in total. The van der Waals surface area contributed by atoms with Gasteiger partial charge in [-0.15, -0.1) is 0 Å². The number of nitrogens with one attached hydrogen (secondary N) is 1. The Labute approximate surface area is 135 Å². The number of carbonyl (C=O) groups excluding carboxylic acids is 2. The van der Waals surface area contributed by atoms with Crippen LogP contribution in [0.25, 0.3) is 0 Å². The van der Waals surface area contributed by atoms with E-state index in [-0.39, 0.29) is 12.0 Å². The first-order chi connectivity index (χ1) is 11.2. The summed E-state index contributed by atoms with van der Waals surface area (Å²) < 4.78 is 10.7. The normalized spacial score (nSPS) is 19.9. The molecule has 23 heavy (non-hydrogen) atoms. The molecular formula is C16H21N3O4. The number of rotatable bonds is 5. The quantitative estimate of drug-likeness (QED) is 0.871. The zero-order valence-electron chi connectivity index (χ0n) is 13.2. The molecule has 0 spiro atoms. The average Bonchev–Trinajstić information content (AvgIpc) is 2.99. The molecule has 1 aromatic carbocycles. The van der Waals surface area contributed by atoms with Crippen molar-refractivity contribution in [3.05, 3.63) is 24.3 Å². The summed E-state index contributed by atoms with van der Waals surface area (Å²) in [6.45, 7) is 3.03. The van der Waals surface area contributed by atoms with Crippen LogP contribution in [-0.4, -0.2) is 62.8 Å². The molecular weight excluding hydrogens is 298 g/mol. The van der Waals surface area contributed by atoms with Gasteiger partial charge in [0.1, 0.15) is 12.4 Å². The van der Waals surface area contributed by atoms with E-state index in [2.05, 4.69) is 10.2 Å². The van der Waals surface area contributed by atoms with Crippen molar-refractivity contribution in [3.63, 3.8) is 0 Å². The molecule has 7 nitrogen and oxygen atoms in total. The van der Waals surface area contributed by atoms with Crippen LogP contribution < -0.4 is 15.0 Å². The van der Waals surface area contributed by atoms with Crippen molar-refractivity contribution in [1.82, 2.24) is 10.2 Å². The molecule has 1 unspecified atom stereocenters. The molecule has 1 saturated heterocycles. The smallest absolute Gasteiger partial charge is 0.409 e. The number of likely N-dealkylation sites (N-methyl/N-ethyl adjacent to an activating group) is 1. The highest BCUT2D eigenvalue weighted by Crippen LogP contribution is 2.33. The number of cyclic esters (lactones) is 1. The molecule has 0 radical (unpaired) electrons. The third-order valence-electron chi connectivity index (χ3n) is 4.10. The second kappa shape index (κ2) is 6.76. The molecule has 124 valence electrons. The van der Waals surface area contributed by atoms with Gasteiger partial charge in [0.25, 0.3) is 5.91 Å². The topological polar surface area (TPSA) is 71.1 Å². The minimum absolute atomic E-state index is 0.132. The number of para-hydroxylation sites is 2. The van der Waals surface area contributed by atoms with Crippen molar-refractivity contribution >= 4 is 17.7 Å². The van der Waals surface area contributed by atoms with E-state index in [0.717, 1.165) is 18.7 Å². The van der Waals surface area contributed by atoms with Crippen LogP contribution in [0.5, 0.6) is 5.75 Å². The molecule has 2 heterocycles. The third kappa shape index (κ3) is 3.33. The van der Waals surface area contributed by atoms with Crippen LogP contribution in [0.15, 0.2) is 24.3 Å². The Morgan fingerprint density at radius 3 is 2.83 bits per heavy atom. The molecule has 1 aromatic rings. The van der Waals surface area contributed by atoms with E-state index >= 15 is 0 Å². The summed E-state index contributed by atoms with van der Waals surface area (Å²) in [6.07, 6.45) is 0.0476. The minimum Gasteiger partial charge on any atom is -0.477 e. The number of amides is 2. The Balaban J connectivity index is 1.64. The number of fused-ring (bicyclic) bond motifs is 1. The van der Waals surface area contributed by atoms with Crippen LogP contribution >= 0.6 is 0 Å². The van der Waals surface area contributed by atoms with E-state index in [0.29, 0.717) is 32.0 Å². The van der Waals surface area contributed by atoms with Gasteiger partial charge >= 0.3 is 6.09 Å². The molecule has 0 saturated carbocycles. The first-order valence-corrected chi connectivity index (χ1v) is 7.83. The van der Waals surface area contributed by atoms with Gasteiger partial charge in [0.2, 0.25) is 0 Å². The van der Waals surface area contributed by atoms with Gasteiger partial charge in [-0.1, -0.05) is 12.1 Å². The van der Waals surface area contributed by atoms with Gasteiger partial charge < -0.3 is 24.6 Å². The number of nitrogens with zero attached hydrogens (tertiary/aromatic N) is 2.